The minimum atomic E-state index is -1.27. The van der Waals surface area contributed by atoms with Gasteiger partial charge in [0.1, 0.15) is 18.9 Å². The van der Waals surface area contributed by atoms with Crippen LogP contribution in [0.25, 0.3) is 0 Å². The Kier molecular flexibility index (Phi) is 4.57. The average molecular weight is 268 g/mol. The van der Waals surface area contributed by atoms with E-state index in [0.717, 1.165) is 11.0 Å². The van der Waals surface area contributed by atoms with Crippen molar-refractivity contribution in [2.75, 3.05) is 13.1 Å². The van der Waals surface area contributed by atoms with Gasteiger partial charge in [0, 0.05) is 5.56 Å². The molecule has 0 aliphatic rings. The quantitative estimate of drug-likeness (QED) is 0.793. The number of carbonyl (C=O) groups is 3. The molecular formula is C12H13FN2O4. The summed E-state index contributed by atoms with van der Waals surface area (Å²) >= 11 is 0. The van der Waals surface area contributed by atoms with Crippen molar-refractivity contribution < 1.29 is 23.9 Å². The summed E-state index contributed by atoms with van der Waals surface area (Å²) in [5.41, 5.74) is 5.30. The summed E-state index contributed by atoms with van der Waals surface area (Å²) in [7, 11) is 0. The molecule has 1 aromatic carbocycles. The number of aliphatic carboxylic acids is 1. The van der Waals surface area contributed by atoms with E-state index in [4.69, 9.17) is 10.8 Å². The number of nitrogens with two attached hydrogens (primary N) is 1. The van der Waals surface area contributed by atoms with Crippen LogP contribution in [-0.4, -0.2) is 40.9 Å². The lowest BCUT2D eigenvalue weighted by Crippen LogP contribution is -2.41. The third-order valence-electron chi connectivity index (χ3n) is 2.36. The van der Waals surface area contributed by atoms with Crippen molar-refractivity contribution in [3.05, 3.63) is 35.1 Å². The van der Waals surface area contributed by atoms with Crippen molar-refractivity contribution in [2.45, 2.75) is 6.92 Å². The first kappa shape index (κ1) is 14.6. The lowest BCUT2D eigenvalue weighted by molar-refractivity contribution is -0.138. The molecule has 0 aliphatic carbocycles. The standard InChI is InChI=1S/C12H13FN2O4/c1-7-4-8(2-3-9(7)13)12(19)15(5-10(14)16)6-11(17)18/h2-4H,5-6H2,1H3,(H2,14,16)(H,17,18). The van der Waals surface area contributed by atoms with Crippen molar-refractivity contribution >= 4 is 17.8 Å². The second-order valence-electron chi connectivity index (χ2n) is 3.99. The van der Waals surface area contributed by atoms with E-state index >= 15 is 0 Å². The topological polar surface area (TPSA) is 101 Å². The zero-order valence-corrected chi connectivity index (χ0v) is 10.2. The van der Waals surface area contributed by atoms with Crippen molar-refractivity contribution in [1.82, 2.24) is 4.90 Å². The monoisotopic (exact) mass is 268 g/mol. The van der Waals surface area contributed by atoms with E-state index in [1.54, 1.807) is 0 Å². The number of carboxylic acids is 1. The van der Waals surface area contributed by atoms with E-state index in [1.807, 2.05) is 0 Å². The predicted octanol–water partition coefficient (Wildman–Crippen LogP) is 0.146. The van der Waals surface area contributed by atoms with Gasteiger partial charge in [-0.3, -0.25) is 14.4 Å². The summed E-state index contributed by atoms with van der Waals surface area (Å²) in [6, 6.07) is 3.61. The van der Waals surface area contributed by atoms with E-state index in [2.05, 4.69) is 0 Å². The fourth-order valence-corrected chi connectivity index (χ4v) is 1.51. The van der Waals surface area contributed by atoms with Gasteiger partial charge in [0.05, 0.1) is 0 Å². The zero-order valence-electron chi connectivity index (χ0n) is 10.2. The van der Waals surface area contributed by atoms with Gasteiger partial charge in [-0.15, -0.1) is 0 Å². The van der Waals surface area contributed by atoms with Crippen LogP contribution in [0.2, 0.25) is 0 Å². The van der Waals surface area contributed by atoms with E-state index in [-0.39, 0.29) is 11.1 Å². The Hall–Kier alpha value is -2.44. The van der Waals surface area contributed by atoms with E-state index in [0.29, 0.717) is 0 Å². The maximum atomic E-state index is 13.1. The molecule has 0 saturated heterocycles. The normalized spacial score (nSPS) is 10.0. The van der Waals surface area contributed by atoms with Gasteiger partial charge in [0.2, 0.25) is 5.91 Å². The lowest BCUT2D eigenvalue weighted by Gasteiger charge is -2.19. The summed E-state index contributed by atoms with van der Waals surface area (Å²) in [5.74, 6) is -3.26. The Balaban J connectivity index is 3.00. The number of hydrogen-bond acceptors (Lipinski definition) is 3. The molecule has 0 fully saturated rings. The molecule has 19 heavy (non-hydrogen) atoms. The van der Waals surface area contributed by atoms with E-state index in [9.17, 15) is 18.8 Å². The first-order valence-electron chi connectivity index (χ1n) is 5.36. The number of rotatable bonds is 5. The number of amides is 2. The van der Waals surface area contributed by atoms with E-state index in [1.165, 1.54) is 19.1 Å². The smallest absolute Gasteiger partial charge is 0.323 e. The Bertz CT molecular complexity index is 514. The largest absolute Gasteiger partial charge is 0.480 e. The van der Waals surface area contributed by atoms with Gasteiger partial charge in [-0.1, -0.05) is 0 Å². The van der Waals surface area contributed by atoms with Crippen LogP contribution >= 0.6 is 0 Å². The second kappa shape index (κ2) is 5.94. The summed E-state index contributed by atoms with van der Waals surface area (Å²) in [4.78, 5) is 34.3. The fraction of sp³-hybridized carbons (Fsp3) is 0.250. The molecule has 0 heterocycles. The number of aryl methyl sites for hydroxylation is 1. The Morgan fingerprint density at radius 3 is 2.42 bits per heavy atom. The van der Waals surface area contributed by atoms with Gasteiger partial charge in [-0.2, -0.15) is 0 Å². The average Bonchev–Trinajstić information content (AvgIpc) is 2.29. The molecule has 0 saturated carbocycles. The molecule has 0 spiro atoms. The number of hydrogen-bond donors (Lipinski definition) is 2. The van der Waals surface area contributed by atoms with Gasteiger partial charge < -0.3 is 15.7 Å². The van der Waals surface area contributed by atoms with Crippen LogP contribution < -0.4 is 5.73 Å². The Morgan fingerprint density at radius 2 is 1.95 bits per heavy atom. The van der Waals surface area contributed by atoms with Crippen LogP contribution in [0, 0.1) is 12.7 Å². The van der Waals surface area contributed by atoms with Crippen LogP contribution in [-0.2, 0) is 9.59 Å². The van der Waals surface area contributed by atoms with Crippen molar-refractivity contribution in [3.8, 4) is 0 Å². The summed E-state index contributed by atoms with van der Waals surface area (Å²) < 4.78 is 13.1. The van der Waals surface area contributed by atoms with Gasteiger partial charge in [-0.25, -0.2) is 4.39 Å². The number of benzene rings is 1. The molecule has 3 N–H and O–H groups in total. The molecule has 102 valence electrons. The summed E-state index contributed by atoms with van der Waals surface area (Å²) in [6.07, 6.45) is 0. The highest BCUT2D eigenvalue weighted by Crippen LogP contribution is 2.11. The molecule has 0 aliphatic heterocycles. The SMILES string of the molecule is Cc1cc(C(=O)N(CC(N)=O)CC(=O)O)ccc1F. The summed E-state index contributed by atoms with van der Waals surface area (Å²) in [5, 5.41) is 8.69. The molecule has 0 aromatic heterocycles. The third kappa shape index (κ3) is 4.06. The first-order valence-corrected chi connectivity index (χ1v) is 5.36. The van der Waals surface area contributed by atoms with Crippen LogP contribution in [0.4, 0.5) is 4.39 Å². The van der Waals surface area contributed by atoms with E-state index < -0.39 is 36.7 Å². The van der Waals surface area contributed by atoms with Crippen LogP contribution in [0.3, 0.4) is 0 Å². The molecule has 1 rings (SSSR count). The molecule has 0 radical (unpaired) electrons. The molecular weight excluding hydrogens is 255 g/mol. The second-order valence-corrected chi connectivity index (χ2v) is 3.99. The highest BCUT2D eigenvalue weighted by Gasteiger charge is 2.20. The van der Waals surface area contributed by atoms with Gasteiger partial charge in [0.15, 0.2) is 0 Å². The fourth-order valence-electron chi connectivity index (χ4n) is 1.51. The molecule has 0 unspecified atom stereocenters. The lowest BCUT2D eigenvalue weighted by atomic mass is 10.1. The highest BCUT2D eigenvalue weighted by atomic mass is 19.1. The minimum absolute atomic E-state index is 0.0985. The maximum absolute atomic E-state index is 13.1. The number of primary amides is 1. The third-order valence-corrected chi connectivity index (χ3v) is 2.36. The number of carbonyl (C=O) groups excluding carboxylic acids is 2. The maximum Gasteiger partial charge on any atom is 0.323 e. The summed E-state index contributed by atoms with van der Waals surface area (Å²) in [6.45, 7) is 0.307. The highest BCUT2D eigenvalue weighted by molar-refractivity contribution is 5.98. The number of carboxylic acid groups (broad SMARTS) is 1. The van der Waals surface area contributed by atoms with Crippen LogP contribution in [0.15, 0.2) is 18.2 Å². The van der Waals surface area contributed by atoms with Gasteiger partial charge in [-0.05, 0) is 30.7 Å². The number of halogens is 1. The predicted molar refractivity (Wildman–Crippen MR) is 63.9 cm³/mol. The van der Waals surface area contributed by atoms with Crippen LogP contribution in [0.5, 0.6) is 0 Å². The van der Waals surface area contributed by atoms with Crippen molar-refractivity contribution in [3.63, 3.8) is 0 Å². The zero-order chi connectivity index (χ0) is 14.6. The van der Waals surface area contributed by atoms with Crippen LogP contribution in [0.1, 0.15) is 15.9 Å². The van der Waals surface area contributed by atoms with Gasteiger partial charge >= 0.3 is 5.97 Å². The van der Waals surface area contributed by atoms with Crippen molar-refractivity contribution in [2.24, 2.45) is 5.73 Å². The molecule has 0 atom stereocenters. The number of nitrogens with zero attached hydrogens (tertiary/aromatic N) is 1. The van der Waals surface area contributed by atoms with Crippen molar-refractivity contribution in [1.29, 1.82) is 0 Å². The molecule has 2 amide bonds. The minimum Gasteiger partial charge on any atom is -0.480 e. The Labute approximate surface area is 108 Å². The Morgan fingerprint density at radius 1 is 1.32 bits per heavy atom. The molecule has 7 heteroatoms. The van der Waals surface area contributed by atoms with Gasteiger partial charge in [0.25, 0.3) is 5.91 Å². The molecule has 0 bridgehead atoms. The molecule has 6 nitrogen and oxygen atoms in total. The first-order chi connectivity index (χ1) is 8.81. The molecule has 1 aromatic rings.